The second kappa shape index (κ2) is 17.2. The van der Waals surface area contributed by atoms with Gasteiger partial charge < -0.3 is 14.2 Å². The van der Waals surface area contributed by atoms with Crippen LogP contribution in [0.25, 0.3) is 11.1 Å². The van der Waals surface area contributed by atoms with Gasteiger partial charge in [0.25, 0.3) is 5.69 Å². The minimum Gasteiger partial charge on any atom is -0.490 e. The number of hydrogen-bond donors (Lipinski definition) is 0. The maximum absolute atomic E-state index is 11.7. The summed E-state index contributed by atoms with van der Waals surface area (Å²) in [5, 5.41) is 11.7. The van der Waals surface area contributed by atoms with Crippen LogP contribution < -0.4 is 9.47 Å². The molecule has 0 saturated heterocycles. The molecular weight excluding hydrogens is 550 g/mol. The highest BCUT2D eigenvalue weighted by atomic mass is 16.6. The summed E-state index contributed by atoms with van der Waals surface area (Å²) in [4.78, 5) is 11.3. The molecule has 0 aliphatic rings. The molecular formula is C38H53NO5. The van der Waals surface area contributed by atoms with Crippen LogP contribution in [0.3, 0.4) is 0 Å². The third-order valence-electron chi connectivity index (χ3n) is 8.39. The van der Waals surface area contributed by atoms with E-state index in [1.165, 1.54) is 56.6 Å². The highest BCUT2D eigenvalue weighted by Gasteiger charge is 2.38. The number of nitro groups is 1. The standard InChI is InChI=1S/C38H53NO5/c1-7-8-9-10-11-15-18-36(37(2,3)4)38(5,6)44-26-25-30-19-21-32(22-20-30)42-27-28-43-33-23-24-34(35(29-33)39(40)41)31-16-13-12-14-17-31/h12-14,16-17,19-24,29,36H,7-11,15,18,25-28H2,1-6H3. The van der Waals surface area contributed by atoms with Crippen molar-refractivity contribution >= 4 is 5.69 Å². The van der Waals surface area contributed by atoms with Gasteiger partial charge in [-0.3, -0.25) is 10.1 Å². The molecule has 240 valence electrons. The normalized spacial score (nSPS) is 12.6. The maximum Gasteiger partial charge on any atom is 0.280 e. The largest absolute Gasteiger partial charge is 0.490 e. The SMILES string of the molecule is CCCCCCCCC(C(C)(C)C)C(C)(C)OCCc1ccc(OCCOc2ccc(-c3ccccc3)c([N+](=O)[O-])c2)cc1. The lowest BCUT2D eigenvalue weighted by Crippen LogP contribution is -2.42. The Hall–Kier alpha value is -3.38. The number of rotatable bonds is 19. The molecule has 0 aliphatic heterocycles. The van der Waals surface area contributed by atoms with Gasteiger partial charge in [0.15, 0.2) is 0 Å². The molecule has 0 N–H and O–H groups in total. The summed E-state index contributed by atoms with van der Waals surface area (Å²) < 4.78 is 18.2. The summed E-state index contributed by atoms with van der Waals surface area (Å²) in [5.74, 6) is 1.70. The molecule has 1 atom stereocenters. The second-order valence-corrected chi connectivity index (χ2v) is 13.3. The fraction of sp³-hybridized carbons (Fsp3) is 0.526. The van der Waals surface area contributed by atoms with Crippen molar-refractivity contribution < 1.29 is 19.1 Å². The quantitative estimate of drug-likeness (QED) is 0.0774. The van der Waals surface area contributed by atoms with E-state index in [0.717, 1.165) is 17.7 Å². The van der Waals surface area contributed by atoms with E-state index in [-0.39, 0.29) is 28.2 Å². The molecule has 6 heteroatoms. The van der Waals surface area contributed by atoms with Gasteiger partial charge in [-0.15, -0.1) is 0 Å². The number of nitrogens with zero attached hydrogens (tertiary/aromatic N) is 1. The van der Waals surface area contributed by atoms with Gasteiger partial charge in [-0.2, -0.15) is 0 Å². The monoisotopic (exact) mass is 603 g/mol. The molecule has 0 bridgehead atoms. The van der Waals surface area contributed by atoms with Crippen LogP contribution in [0, 0.1) is 21.4 Å². The highest BCUT2D eigenvalue weighted by Crippen LogP contribution is 2.40. The Bertz CT molecular complexity index is 1260. The average molecular weight is 604 g/mol. The molecule has 0 saturated carbocycles. The first-order chi connectivity index (χ1) is 21.0. The molecule has 6 nitrogen and oxygen atoms in total. The van der Waals surface area contributed by atoms with Crippen molar-refractivity contribution in [3.05, 3.63) is 88.5 Å². The van der Waals surface area contributed by atoms with Crippen LogP contribution in [0.15, 0.2) is 72.8 Å². The minimum atomic E-state index is -0.376. The Balaban J connectivity index is 1.43. The van der Waals surface area contributed by atoms with Crippen LogP contribution in [-0.4, -0.2) is 30.3 Å². The first-order valence-corrected chi connectivity index (χ1v) is 16.3. The lowest BCUT2D eigenvalue weighted by Gasteiger charge is -2.43. The van der Waals surface area contributed by atoms with Crippen LogP contribution in [0.1, 0.15) is 92.1 Å². The van der Waals surface area contributed by atoms with Crippen LogP contribution >= 0.6 is 0 Å². The van der Waals surface area contributed by atoms with E-state index in [1.54, 1.807) is 12.1 Å². The topological polar surface area (TPSA) is 70.8 Å². The number of hydrogen-bond acceptors (Lipinski definition) is 5. The Morgan fingerprint density at radius 1 is 0.750 bits per heavy atom. The molecule has 3 rings (SSSR count). The Morgan fingerprint density at radius 2 is 1.36 bits per heavy atom. The maximum atomic E-state index is 11.7. The Labute approximate surface area is 265 Å². The average Bonchev–Trinajstić information content (AvgIpc) is 2.99. The third-order valence-corrected chi connectivity index (χ3v) is 8.39. The minimum absolute atomic E-state index is 0.0179. The van der Waals surface area contributed by atoms with Gasteiger partial charge in [0.2, 0.25) is 0 Å². The third kappa shape index (κ3) is 11.3. The molecule has 3 aromatic rings. The van der Waals surface area contributed by atoms with Crippen molar-refractivity contribution in [2.24, 2.45) is 11.3 Å². The molecule has 0 amide bonds. The molecule has 0 heterocycles. The van der Waals surface area contributed by atoms with Crippen LogP contribution in [0.2, 0.25) is 0 Å². The number of nitro benzene ring substituents is 1. The predicted molar refractivity (Wildman–Crippen MR) is 181 cm³/mol. The van der Waals surface area contributed by atoms with Crippen LogP contribution in [0.4, 0.5) is 5.69 Å². The molecule has 0 aliphatic carbocycles. The van der Waals surface area contributed by atoms with Gasteiger partial charge in [0.1, 0.15) is 24.7 Å². The molecule has 0 fully saturated rings. The first kappa shape index (κ1) is 35.1. The summed E-state index contributed by atoms with van der Waals surface area (Å²) in [6.07, 6.45) is 9.96. The Morgan fingerprint density at radius 3 is 2.00 bits per heavy atom. The van der Waals surface area contributed by atoms with Gasteiger partial charge in [-0.1, -0.05) is 109 Å². The lowest BCUT2D eigenvalue weighted by atomic mass is 9.69. The van der Waals surface area contributed by atoms with Crippen molar-refractivity contribution in [1.82, 2.24) is 0 Å². The molecule has 0 spiro atoms. The van der Waals surface area contributed by atoms with Crippen molar-refractivity contribution in [3.8, 4) is 22.6 Å². The summed E-state index contributed by atoms with van der Waals surface area (Å²) in [6, 6.07) is 22.4. The van der Waals surface area contributed by atoms with Crippen molar-refractivity contribution in [1.29, 1.82) is 0 Å². The van der Waals surface area contributed by atoms with E-state index in [1.807, 2.05) is 42.5 Å². The molecule has 0 radical (unpaired) electrons. The van der Waals surface area contributed by atoms with Gasteiger partial charge in [-0.25, -0.2) is 0 Å². The van der Waals surface area contributed by atoms with E-state index in [0.29, 0.717) is 30.4 Å². The molecule has 0 aromatic heterocycles. The summed E-state index contributed by atoms with van der Waals surface area (Å²) in [6.45, 7) is 15.1. The number of benzene rings is 3. The Kier molecular flexibility index (Phi) is 13.7. The molecule has 44 heavy (non-hydrogen) atoms. The van der Waals surface area contributed by atoms with Crippen molar-refractivity contribution in [3.63, 3.8) is 0 Å². The van der Waals surface area contributed by atoms with E-state index in [4.69, 9.17) is 14.2 Å². The van der Waals surface area contributed by atoms with Crippen molar-refractivity contribution in [2.45, 2.75) is 98.5 Å². The summed E-state index contributed by atoms with van der Waals surface area (Å²) in [7, 11) is 0. The van der Waals surface area contributed by atoms with Gasteiger partial charge in [0.05, 0.1) is 28.8 Å². The van der Waals surface area contributed by atoms with Gasteiger partial charge in [0, 0.05) is 0 Å². The van der Waals surface area contributed by atoms with E-state index in [9.17, 15) is 10.1 Å². The number of unbranched alkanes of at least 4 members (excludes halogenated alkanes) is 5. The summed E-state index contributed by atoms with van der Waals surface area (Å²) >= 11 is 0. The molecule has 1 unspecified atom stereocenters. The predicted octanol–water partition coefficient (Wildman–Crippen LogP) is 10.5. The van der Waals surface area contributed by atoms with Gasteiger partial charge in [-0.05, 0) is 73.4 Å². The fourth-order valence-corrected chi connectivity index (χ4v) is 6.17. The zero-order valence-electron chi connectivity index (χ0n) is 27.8. The van der Waals surface area contributed by atoms with E-state index in [2.05, 4.69) is 53.7 Å². The zero-order chi connectivity index (χ0) is 32.0. The lowest BCUT2D eigenvalue weighted by molar-refractivity contribution is -0.384. The second-order valence-electron chi connectivity index (χ2n) is 13.3. The number of ether oxygens (including phenoxy) is 3. The molecule has 3 aromatic carbocycles. The van der Waals surface area contributed by atoms with E-state index >= 15 is 0 Å². The van der Waals surface area contributed by atoms with Crippen LogP contribution in [-0.2, 0) is 11.2 Å². The van der Waals surface area contributed by atoms with E-state index < -0.39 is 0 Å². The smallest absolute Gasteiger partial charge is 0.280 e. The van der Waals surface area contributed by atoms with Crippen LogP contribution in [0.5, 0.6) is 11.5 Å². The van der Waals surface area contributed by atoms with Crippen molar-refractivity contribution in [2.75, 3.05) is 19.8 Å². The zero-order valence-corrected chi connectivity index (χ0v) is 27.8. The highest BCUT2D eigenvalue weighted by molar-refractivity contribution is 5.74. The van der Waals surface area contributed by atoms with Gasteiger partial charge >= 0.3 is 0 Å². The first-order valence-electron chi connectivity index (χ1n) is 16.3. The fourth-order valence-electron chi connectivity index (χ4n) is 6.17. The summed E-state index contributed by atoms with van der Waals surface area (Å²) in [5.41, 5.74) is 2.59.